The van der Waals surface area contributed by atoms with E-state index in [2.05, 4.69) is 31.9 Å². The van der Waals surface area contributed by atoms with Crippen molar-refractivity contribution in [2.75, 3.05) is 0 Å². The van der Waals surface area contributed by atoms with Gasteiger partial charge in [0.1, 0.15) is 6.10 Å². The Morgan fingerprint density at radius 3 is 2.26 bits per heavy atom. The fourth-order valence-corrected chi connectivity index (χ4v) is 3.03. The van der Waals surface area contributed by atoms with E-state index in [0.717, 1.165) is 4.47 Å². The van der Waals surface area contributed by atoms with Gasteiger partial charge in [-0.05, 0) is 30.2 Å². The van der Waals surface area contributed by atoms with Gasteiger partial charge in [0.25, 0.3) is 0 Å². The van der Waals surface area contributed by atoms with Crippen LogP contribution < -0.4 is 0 Å². The van der Waals surface area contributed by atoms with Gasteiger partial charge in [0.05, 0.1) is 0 Å². The van der Waals surface area contributed by atoms with Crippen LogP contribution in [0.15, 0.2) is 39.3 Å². The Balaban J connectivity index is 2.50. The summed E-state index contributed by atoms with van der Waals surface area (Å²) in [5.74, 6) is -1.94. The molecule has 0 radical (unpaired) electrons. The molecule has 1 unspecified atom stereocenters. The van der Waals surface area contributed by atoms with Crippen molar-refractivity contribution >= 4 is 31.9 Å². The van der Waals surface area contributed by atoms with E-state index >= 15 is 0 Å². The van der Waals surface area contributed by atoms with Gasteiger partial charge in [-0.2, -0.15) is 0 Å². The zero-order valence-corrected chi connectivity index (χ0v) is 13.1. The average Bonchev–Trinajstić information content (AvgIpc) is 2.35. The first-order chi connectivity index (χ1) is 8.91. The molecular weight excluding hydrogens is 382 g/mol. The minimum atomic E-state index is -1.22. The van der Waals surface area contributed by atoms with Crippen molar-refractivity contribution in [1.82, 2.24) is 0 Å². The van der Waals surface area contributed by atoms with Gasteiger partial charge < -0.3 is 5.11 Å². The van der Waals surface area contributed by atoms with Crippen LogP contribution in [0.2, 0.25) is 0 Å². The summed E-state index contributed by atoms with van der Waals surface area (Å²) in [7, 11) is 0. The summed E-state index contributed by atoms with van der Waals surface area (Å²) < 4.78 is 28.8. The summed E-state index contributed by atoms with van der Waals surface area (Å²) in [6.07, 6.45) is -1.22. The van der Waals surface area contributed by atoms with Gasteiger partial charge in [-0.3, -0.25) is 0 Å². The highest BCUT2D eigenvalue weighted by Crippen LogP contribution is 2.32. The van der Waals surface area contributed by atoms with E-state index in [-0.39, 0.29) is 11.1 Å². The Morgan fingerprint density at radius 2 is 1.63 bits per heavy atom. The zero-order chi connectivity index (χ0) is 14.2. The third kappa shape index (κ3) is 2.88. The fourth-order valence-electron chi connectivity index (χ4n) is 1.76. The molecule has 0 heterocycles. The molecule has 2 aromatic carbocycles. The van der Waals surface area contributed by atoms with Crippen molar-refractivity contribution in [3.8, 4) is 0 Å². The largest absolute Gasteiger partial charge is 0.384 e. The summed E-state index contributed by atoms with van der Waals surface area (Å²) in [5.41, 5.74) is 0.611. The minimum Gasteiger partial charge on any atom is -0.384 e. The Labute approximate surface area is 126 Å². The third-order valence-electron chi connectivity index (χ3n) is 2.86. The van der Waals surface area contributed by atoms with Crippen LogP contribution in [0.4, 0.5) is 8.78 Å². The van der Waals surface area contributed by atoms with Crippen molar-refractivity contribution < 1.29 is 13.9 Å². The molecule has 0 aliphatic carbocycles. The lowest BCUT2D eigenvalue weighted by molar-refractivity contribution is 0.212. The van der Waals surface area contributed by atoms with Crippen LogP contribution >= 0.6 is 31.9 Å². The highest BCUT2D eigenvalue weighted by molar-refractivity contribution is 9.11. The number of hydrogen-bond acceptors (Lipinski definition) is 1. The second kappa shape index (κ2) is 5.69. The highest BCUT2D eigenvalue weighted by Gasteiger charge is 2.20. The first-order valence-electron chi connectivity index (χ1n) is 5.49. The summed E-state index contributed by atoms with van der Waals surface area (Å²) in [6.45, 7) is 1.48. The number of hydrogen-bond donors (Lipinski definition) is 1. The second-order valence-corrected chi connectivity index (χ2v) is 5.94. The molecular formula is C14H10Br2F2O. The molecule has 100 valence electrons. The van der Waals surface area contributed by atoms with Gasteiger partial charge in [-0.15, -0.1) is 0 Å². The molecule has 0 saturated carbocycles. The monoisotopic (exact) mass is 390 g/mol. The molecule has 1 N–H and O–H groups in total. The van der Waals surface area contributed by atoms with Crippen molar-refractivity contribution in [1.29, 1.82) is 0 Å². The van der Waals surface area contributed by atoms with Gasteiger partial charge in [-0.1, -0.05) is 50.1 Å². The van der Waals surface area contributed by atoms with Crippen molar-refractivity contribution in [3.63, 3.8) is 0 Å². The predicted octanol–water partition coefficient (Wildman–Crippen LogP) is 4.88. The van der Waals surface area contributed by atoms with E-state index in [1.807, 2.05) is 0 Å². The van der Waals surface area contributed by atoms with Crippen LogP contribution in [0, 0.1) is 18.6 Å². The molecule has 0 aliphatic heterocycles. The maximum absolute atomic E-state index is 13.8. The number of benzene rings is 2. The Bertz CT molecular complexity index is 629. The first kappa shape index (κ1) is 14.6. The quantitative estimate of drug-likeness (QED) is 0.773. The predicted molar refractivity (Wildman–Crippen MR) is 77.0 cm³/mol. The number of rotatable bonds is 2. The average molecular weight is 392 g/mol. The third-order valence-corrected chi connectivity index (χ3v) is 4.04. The molecule has 19 heavy (non-hydrogen) atoms. The highest BCUT2D eigenvalue weighted by atomic mass is 79.9. The zero-order valence-electron chi connectivity index (χ0n) is 9.92. The van der Waals surface area contributed by atoms with E-state index in [0.29, 0.717) is 10.0 Å². The van der Waals surface area contributed by atoms with Crippen LogP contribution in [0.3, 0.4) is 0 Å². The van der Waals surface area contributed by atoms with Crippen LogP contribution in [0.1, 0.15) is 22.8 Å². The Kier molecular flexibility index (Phi) is 4.38. The molecule has 2 aromatic rings. The Morgan fingerprint density at radius 1 is 1.00 bits per heavy atom. The van der Waals surface area contributed by atoms with Crippen molar-refractivity contribution in [3.05, 3.63) is 67.6 Å². The van der Waals surface area contributed by atoms with Gasteiger partial charge in [0, 0.05) is 14.5 Å². The summed E-state index contributed by atoms with van der Waals surface area (Å²) in [5, 5.41) is 10.2. The maximum atomic E-state index is 13.8. The number of halogens is 4. The van der Waals surface area contributed by atoms with Gasteiger partial charge in [-0.25, -0.2) is 8.78 Å². The summed E-state index contributed by atoms with van der Waals surface area (Å²) in [6, 6.07) is 7.96. The molecule has 0 amide bonds. The number of aryl methyl sites for hydroxylation is 1. The summed E-state index contributed by atoms with van der Waals surface area (Å²) >= 11 is 6.59. The smallest absolute Gasteiger partial charge is 0.165 e. The minimum absolute atomic E-state index is 0.0777. The maximum Gasteiger partial charge on any atom is 0.165 e. The van der Waals surface area contributed by atoms with Crippen LogP contribution in [0.5, 0.6) is 0 Å². The second-order valence-electron chi connectivity index (χ2n) is 4.17. The topological polar surface area (TPSA) is 20.2 Å². The lowest BCUT2D eigenvalue weighted by Crippen LogP contribution is -2.06. The number of aliphatic hydroxyl groups excluding tert-OH is 1. The van der Waals surface area contributed by atoms with Crippen molar-refractivity contribution in [2.45, 2.75) is 13.0 Å². The lowest BCUT2D eigenvalue weighted by Gasteiger charge is -2.15. The van der Waals surface area contributed by atoms with Gasteiger partial charge in [0.2, 0.25) is 0 Å². The molecule has 0 fully saturated rings. The van der Waals surface area contributed by atoms with Crippen LogP contribution in [-0.2, 0) is 0 Å². The molecule has 0 aromatic heterocycles. The normalized spacial score (nSPS) is 12.5. The lowest BCUT2D eigenvalue weighted by atomic mass is 9.99. The van der Waals surface area contributed by atoms with Crippen LogP contribution in [-0.4, -0.2) is 5.11 Å². The van der Waals surface area contributed by atoms with E-state index in [9.17, 15) is 13.9 Å². The van der Waals surface area contributed by atoms with Crippen LogP contribution in [0.25, 0.3) is 0 Å². The van der Waals surface area contributed by atoms with E-state index in [1.54, 1.807) is 18.2 Å². The van der Waals surface area contributed by atoms with E-state index < -0.39 is 17.7 Å². The molecule has 2 rings (SSSR count). The number of aliphatic hydroxyl groups is 1. The summed E-state index contributed by atoms with van der Waals surface area (Å²) in [4.78, 5) is 0. The molecule has 0 spiro atoms. The van der Waals surface area contributed by atoms with E-state index in [4.69, 9.17) is 0 Å². The molecule has 5 heteroatoms. The van der Waals surface area contributed by atoms with Gasteiger partial charge in [0.15, 0.2) is 11.6 Å². The SMILES string of the molecule is Cc1ccc(C(O)c2ccc(Br)cc2Br)c(F)c1F. The molecule has 1 nitrogen and oxygen atoms in total. The molecule has 0 saturated heterocycles. The fraction of sp³-hybridized carbons (Fsp3) is 0.143. The Hall–Kier alpha value is -0.780. The van der Waals surface area contributed by atoms with Gasteiger partial charge >= 0.3 is 0 Å². The van der Waals surface area contributed by atoms with E-state index in [1.165, 1.54) is 19.1 Å². The first-order valence-corrected chi connectivity index (χ1v) is 7.08. The molecule has 1 atom stereocenters. The molecule has 0 aliphatic rings. The standard InChI is InChI=1S/C14H10Br2F2O/c1-7-2-4-10(13(18)12(7)17)14(19)9-5-3-8(15)6-11(9)16/h2-6,14,19H,1H3. The van der Waals surface area contributed by atoms with Crippen molar-refractivity contribution in [2.24, 2.45) is 0 Å². The molecule has 0 bridgehead atoms.